The smallest absolute Gasteiger partial charge is 0.200 e. The van der Waals surface area contributed by atoms with Crippen molar-refractivity contribution in [3.63, 3.8) is 0 Å². The van der Waals surface area contributed by atoms with Crippen molar-refractivity contribution in [1.29, 1.82) is 0 Å². The molecule has 1 aliphatic rings. The molecule has 7 heteroatoms. The first-order chi connectivity index (χ1) is 6.99. The Bertz CT molecular complexity index is 562. The van der Waals surface area contributed by atoms with E-state index in [-0.39, 0.29) is 10.6 Å². The zero-order valence-electron chi connectivity index (χ0n) is 7.34. The summed E-state index contributed by atoms with van der Waals surface area (Å²) in [5.41, 5.74) is 0.798. The van der Waals surface area contributed by atoms with Crippen LogP contribution >= 0.6 is 0 Å². The quantitative estimate of drug-likeness (QED) is 0.774. The number of anilines is 1. The highest BCUT2D eigenvalue weighted by molar-refractivity contribution is 7.94. The highest BCUT2D eigenvalue weighted by atomic mass is 32.2. The molecule has 1 aromatic carbocycles. The Morgan fingerprint density at radius 2 is 2.07 bits per heavy atom. The van der Waals surface area contributed by atoms with E-state index in [1.807, 2.05) is 0 Å². The number of rotatable bonds is 2. The molecule has 0 spiro atoms. The van der Waals surface area contributed by atoms with Crippen molar-refractivity contribution in [2.24, 2.45) is 0 Å². The number of hydrogen-bond donors (Lipinski definition) is 1. The van der Waals surface area contributed by atoms with Crippen LogP contribution in [-0.4, -0.2) is 17.2 Å². The van der Waals surface area contributed by atoms with Crippen LogP contribution in [0.5, 0.6) is 0 Å². The van der Waals surface area contributed by atoms with Crippen LogP contribution in [0.3, 0.4) is 0 Å². The Morgan fingerprint density at radius 1 is 1.33 bits per heavy atom. The molecule has 0 bridgehead atoms. The third-order valence-corrected chi connectivity index (χ3v) is 3.81. The Labute approximate surface area is 89.2 Å². The summed E-state index contributed by atoms with van der Waals surface area (Å²) in [6.45, 7) is 0. The molecular weight excluding hydrogens is 238 g/mol. The van der Waals surface area contributed by atoms with Gasteiger partial charge in [-0.3, -0.25) is 4.21 Å². The third-order valence-electron chi connectivity index (χ3n) is 1.95. The fourth-order valence-electron chi connectivity index (χ4n) is 1.31. The molecule has 0 saturated carbocycles. The van der Waals surface area contributed by atoms with Gasteiger partial charge in [-0.25, -0.2) is 8.42 Å². The van der Waals surface area contributed by atoms with Gasteiger partial charge in [0.15, 0.2) is 0 Å². The molecule has 0 saturated heterocycles. The SMILES string of the molecule is O=S([O-])Nc1ccc2c(c1)S(=O)(=O)C=C2. The molecule has 1 N–H and O–H groups in total. The van der Waals surface area contributed by atoms with Crippen molar-refractivity contribution in [1.82, 2.24) is 0 Å². The molecule has 0 fully saturated rings. The van der Waals surface area contributed by atoms with Crippen LogP contribution in [0, 0.1) is 0 Å². The van der Waals surface area contributed by atoms with E-state index in [9.17, 15) is 17.2 Å². The average molecular weight is 244 g/mol. The zero-order chi connectivity index (χ0) is 11.1. The van der Waals surface area contributed by atoms with Gasteiger partial charge in [0, 0.05) is 22.4 Å². The molecule has 1 aromatic rings. The highest BCUT2D eigenvalue weighted by Crippen LogP contribution is 2.29. The monoisotopic (exact) mass is 244 g/mol. The summed E-state index contributed by atoms with van der Waals surface area (Å²) in [5, 5.41) is 1.09. The summed E-state index contributed by atoms with van der Waals surface area (Å²) >= 11 is -2.45. The van der Waals surface area contributed by atoms with Gasteiger partial charge in [0.2, 0.25) is 9.84 Å². The van der Waals surface area contributed by atoms with Gasteiger partial charge in [0.1, 0.15) is 0 Å². The van der Waals surface area contributed by atoms with Crippen molar-refractivity contribution in [3.05, 3.63) is 29.2 Å². The van der Waals surface area contributed by atoms with Crippen LogP contribution in [0.25, 0.3) is 6.08 Å². The van der Waals surface area contributed by atoms with E-state index in [4.69, 9.17) is 0 Å². The van der Waals surface area contributed by atoms with E-state index in [2.05, 4.69) is 4.72 Å². The topological polar surface area (TPSA) is 86.3 Å². The number of sulfone groups is 1. The molecule has 2 rings (SSSR count). The molecule has 1 aliphatic heterocycles. The third kappa shape index (κ3) is 1.94. The second-order valence-corrected chi connectivity index (χ2v) is 5.41. The summed E-state index contributed by atoms with van der Waals surface area (Å²) in [5.74, 6) is 0. The van der Waals surface area contributed by atoms with E-state index < -0.39 is 21.1 Å². The van der Waals surface area contributed by atoms with Gasteiger partial charge in [-0.1, -0.05) is 6.07 Å². The number of nitrogens with one attached hydrogen (secondary N) is 1. The van der Waals surface area contributed by atoms with Crippen LogP contribution in [-0.2, 0) is 21.1 Å². The lowest BCUT2D eigenvalue weighted by Gasteiger charge is -2.09. The summed E-state index contributed by atoms with van der Waals surface area (Å²) in [4.78, 5) is 0.123. The molecular formula is C8H6NO4S2-. The van der Waals surface area contributed by atoms with Crippen molar-refractivity contribution in [2.75, 3.05) is 4.72 Å². The van der Waals surface area contributed by atoms with E-state index in [1.54, 1.807) is 6.07 Å². The second kappa shape index (κ2) is 3.44. The summed E-state index contributed by atoms with van der Waals surface area (Å²) in [6.07, 6.45) is 1.47. The second-order valence-electron chi connectivity index (χ2n) is 2.94. The molecule has 0 aromatic heterocycles. The van der Waals surface area contributed by atoms with Gasteiger partial charge in [-0.05, 0) is 23.8 Å². The molecule has 1 atom stereocenters. The van der Waals surface area contributed by atoms with Crippen LogP contribution in [0.2, 0.25) is 0 Å². The number of hydrogen-bond acceptors (Lipinski definition) is 4. The molecule has 0 radical (unpaired) electrons. The zero-order valence-corrected chi connectivity index (χ0v) is 8.97. The largest absolute Gasteiger partial charge is 0.755 e. The van der Waals surface area contributed by atoms with E-state index in [0.29, 0.717) is 5.56 Å². The first kappa shape index (κ1) is 10.3. The number of fused-ring (bicyclic) bond motifs is 1. The normalized spacial score (nSPS) is 18.5. The van der Waals surface area contributed by atoms with Gasteiger partial charge in [0.05, 0.1) is 4.90 Å². The predicted molar refractivity (Wildman–Crippen MR) is 55.2 cm³/mol. The average Bonchev–Trinajstić information content (AvgIpc) is 2.42. The summed E-state index contributed by atoms with van der Waals surface area (Å²) < 4.78 is 45.6. The van der Waals surface area contributed by atoms with Gasteiger partial charge < -0.3 is 9.27 Å². The van der Waals surface area contributed by atoms with E-state index in [1.165, 1.54) is 18.2 Å². The fourth-order valence-corrected chi connectivity index (χ4v) is 2.86. The minimum Gasteiger partial charge on any atom is -0.755 e. The van der Waals surface area contributed by atoms with Crippen molar-refractivity contribution >= 4 is 32.9 Å². The van der Waals surface area contributed by atoms with Gasteiger partial charge in [-0.2, -0.15) is 0 Å². The first-order valence-electron chi connectivity index (χ1n) is 3.92. The maximum absolute atomic E-state index is 11.4. The highest BCUT2D eigenvalue weighted by Gasteiger charge is 2.20. The van der Waals surface area contributed by atoms with Crippen LogP contribution in [0.4, 0.5) is 5.69 Å². The molecule has 5 nitrogen and oxygen atoms in total. The van der Waals surface area contributed by atoms with E-state index in [0.717, 1.165) is 5.41 Å². The summed E-state index contributed by atoms with van der Waals surface area (Å²) in [6, 6.07) is 4.34. The summed E-state index contributed by atoms with van der Waals surface area (Å²) in [7, 11) is -3.39. The fraction of sp³-hybridized carbons (Fsp3) is 0. The molecule has 1 unspecified atom stereocenters. The van der Waals surface area contributed by atoms with Gasteiger partial charge >= 0.3 is 0 Å². The lowest BCUT2D eigenvalue weighted by molar-refractivity contribution is 0.542. The molecule has 1 heterocycles. The van der Waals surface area contributed by atoms with E-state index >= 15 is 0 Å². The Balaban J connectivity index is 2.49. The molecule has 0 amide bonds. The van der Waals surface area contributed by atoms with Crippen LogP contribution in [0.1, 0.15) is 5.56 Å². The molecule has 15 heavy (non-hydrogen) atoms. The Kier molecular flexibility index (Phi) is 2.37. The predicted octanol–water partition coefficient (Wildman–Crippen LogP) is 0.651. The van der Waals surface area contributed by atoms with Crippen LogP contribution < -0.4 is 4.72 Å². The van der Waals surface area contributed by atoms with Gasteiger partial charge in [-0.15, -0.1) is 0 Å². The lowest BCUT2D eigenvalue weighted by atomic mass is 10.2. The first-order valence-corrected chi connectivity index (χ1v) is 6.54. The Morgan fingerprint density at radius 3 is 2.73 bits per heavy atom. The maximum Gasteiger partial charge on any atom is 0.200 e. The Hall–Kier alpha value is -1.18. The lowest BCUT2D eigenvalue weighted by Crippen LogP contribution is -2.03. The van der Waals surface area contributed by atoms with Crippen molar-refractivity contribution < 1.29 is 17.2 Å². The molecule has 80 valence electrons. The standard InChI is InChI=1S/C8H7NO4S2/c10-14(11)9-7-2-1-6-3-4-15(12,13)8(6)5-7/h1-5,9H,(H,10,11)/p-1. The molecule has 0 aliphatic carbocycles. The van der Waals surface area contributed by atoms with Gasteiger partial charge in [0.25, 0.3) is 0 Å². The van der Waals surface area contributed by atoms with Crippen LogP contribution in [0.15, 0.2) is 28.5 Å². The maximum atomic E-state index is 11.4. The minimum absolute atomic E-state index is 0.123. The van der Waals surface area contributed by atoms with Crippen molar-refractivity contribution in [3.8, 4) is 0 Å². The minimum atomic E-state index is -3.39. The van der Waals surface area contributed by atoms with Crippen molar-refractivity contribution in [2.45, 2.75) is 4.90 Å². The number of benzene rings is 1.